The minimum atomic E-state index is 0. The summed E-state index contributed by atoms with van der Waals surface area (Å²) in [4.78, 5) is 9.48. The van der Waals surface area contributed by atoms with Gasteiger partial charge in [0.05, 0.1) is 0 Å². The fraction of sp³-hybridized carbons (Fsp3) is 0.500. The first-order chi connectivity index (χ1) is 15.2. The zero-order chi connectivity index (χ0) is 21.9. The predicted molar refractivity (Wildman–Crippen MR) is 147 cm³/mol. The molecule has 2 aromatic carbocycles. The van der Waals surface area contributed by atoms with E-state index in [1.54, 1.807) is 0 Å². The average Bonchev–Trinajstić information content (AvgIpc) is 2.82. The van der Waals surface area contributed by atoms with Crippen molar-refractivity contribution in [3.63, 3.8) is 0 Å². The normalized spacial score (nSPS) is 15.4. The van der Waals surface area contributed by atoms with Gasteiger partial charge in [-0.2, -0.15) is 0 Å². The van der Waals surface area contributed by atoms with Crippen molar-refractivity contribution in [2.24, 2.45) is 4.99 Å². The van der Waals surface area contributed by atoms with Crippen LogP contribution in [0.4, 0.5) is 0 Å². The molecule has 176 valence electrons. The lowest BCUT2D eigenvalue weighted by atomic mass is 10.0. The summed E-state index contributed by atoms with van der Waals surface area (Å²) in [5, 5.41) is 7.19. The maximum Gasteiger partial charge on any atom is 0.191 e. The topological polar surface area (TPSA) is 42.9 Å². The van der Waals surface area contributed by atoms with Crippen LogP contribution in [0.5, 0.6) is 0 Å². The van der Waals surface area contributed by atoms with Gasteiger partial charge in [-0.1, -0.05) is 68.4 Å². The summed E-state index contributed by atoms with van der Waals surface area (Å²) in [5.41, 5.74) is 4.13. The van der Waals surface area contributed by atoms with Gasteiger partial charge in [-0.25, -0.2) is 0 Å². The van der Waals surface area contributed by atoms with Crippen molar-refractivity contribution in [3.05, 3.63) is 71.3 Å². The molecule has 1 heterocycles. The molecule has 6 heteroatoms. The van der Waals surface area contributed by atoms with Crippen molar-refractivity contribution in [3.8, 4) is 0 Å². The molecular formula is C26H40IN5. The maximum atomic E-state index is 4.48. The summed E-state index contributed by atoms with van der Waals surface area (Å²) in [6.45, 7) is 11.7. The van der Waals surface area contributed by atoms with Gasteiger partial charge in [0.25, 0.3) is 0 Å². The van der Waals surface area contributed by atoms with Crippen LogP contribution in [0, 0.1) is 0 Å². The standard InChI is InChI=1S/C26H39N5.HI/c1-4-30(5-2)21-24-14-10-9-13-23(24)19-28-26(27-3)29-25-15-17-31(18-16-25)20-22-11-7-6-8-12-22;/h6-14,25H,4-5,15-21H2,1-3H3,(H2,27,28,29);1H. The Hall–Kier alpha value is -1.64. The van der Waals surface area contributed by atoms with E-state index in [0.717, 1.165) is 64.6 Å². The largest absolute Gasteiger partial charge is 0.354 e. The van der Waals surface area contributed by atoms with Crippen molar-refractivity contribution in [1.29, 1.82) is 0 Å². The summed E-state index contributed by atoms with van der Waals surface area (Å²) in [6.07, 6.45) is 2.29. The van der Waals surface area contributed by atoms with E-state index in [0.29, 0.717) is 6.04 Å². The van der Waals surface area contributed by atoms with E-state index in [9.17, 15) is 0 Å². The molecule has 32 heavy (non-hydrogen) atoms. The van der Waals surface area contributed by atoms with Crippen molar-refractivity contribution in [2.75, 3.05) is 33.2 Å². The highest BCUT2D eigenvalue weighted by molar-refractivity contribution is 14.0. The molecule has 1 aliphatic heterocycles. The maximum absolute atomic E-state index is 4.48. The molecule has 0 spiro atoms. The first kappa shape index (κ1) is 26.6. The molecule has 2 N–H and O–H groups in total. The van der Waals surface area contributed by atoms with Crippen LogP contribution < -0.4 is 10.6 Å². The number of nitrogens with zero attached hydrogens (tertiary/aromatic N) is 3. The first-order valence-corrected chi connectivity index (χ1v) is 11.7. The molecular weight excluding hydrogens is 509 g/mol. The Morgan fingerprint density at radius 1 is 0.969 bits per heavy atom. The minimum absolute atomic E-state index is 0. The van der Waals surface area contributed by atoms with Crippen molar-refractivity contribution >= 4 is 29.9 Å². The van der Waals surface area contributed by atoms with Crippen LogP contribution in [-0.4, -0.2) is 55.0 Å². The van der Waals surface area contributed by atoms with Gasteiger partial charge in [0, 0.05) is 45.8 Å². The Bertz CT molecular complexity index is 799. The smallest absolute Gasteiger partial charge is 0.191 e. The van der Waals surface area contributed by atoms with Gasteiger partial charge < -0.3 is 10.6 Å². The van der Waals surface area contributed by atoms with E-state index in [4.69, 9.17) is 0 Å². The molecule has 1 saturated heterocycles. The molecule has 0 atom stereocenters. The van der Waals surface area contributed by atoms with Gasteiger partial charge in [0.2, 0.25) is 0 Å². The summed E-state index contributed by atoms with van der Waals surface area (Å²) < 4.78 is 0. The lowest BCUT2D eigenvalue weighted by Gasteiger charge is -2.33. The Labute approximate surface area is 211 Å². The second-order valence-electron chi connectivity index (χ2n) is 8.34. The van der Waals surface area contributed by atoms with Gasteiger partial charge >= 0.3 is 0 Å². The summed E-state index contributed by atoms with van der Waals surface area (Å²) in [7, 11) is 1.86. The number of guanidine groups is 1. The minimum Gasteiger partial charge on any atom is -0.354 e. The van der Waals surface area contributed by atoms with Gasteiger partial charge in [0.1, 0.15) is 0 Å². The van der Waals surface area contributed by atoms with Crippen molar-refractivity contribution < 1.29 is 0 Å². The number of hydrogen-bond acceptors (Lipinski definition) is 3. The number of aliphatic imine (C=N–C) groups is 1. The molecule has 3 rings (SSSR count). The zero-order valence-corrected chi connectivity index (χ0v) is 22.2. The SMILES string of the molecule is CCN(CC)Cc1ccccc1CNC(=NC)NC1CCN(Cc2ccccc2)CC1.I. The quantitative estimate of drug-likeness (QED) is 0.275. The summed E-state index contributed by atoms with van der Waals surface area (Å²) in [5.74, 6) is 0.902. The Balaban J connectivity index is 0.00000363. The van der Waals surface area contributed by atoms with E-state index >= 15 is 0 Å². The number of hydrogen-bond donors (Lipinski definition) is 2. The number of piperidine rings is 1. The van der Waals surface area contributed by atoms with Gasteiger partial charge in [-0.05, 0) is 42.6 Å². The highest BCUT2D eigenvalue weighted by atomic mass is 127. The molecule has 0 bridgehead atoms. The molecule has 0 amide bonds. The number of likely N-dealkylation sites (tertiary alicyclic amines) is 1. The second kappa shape index (κ2) is 14.5. The summed E-state index contributed by atoms with van der Waals surface area (Å²) in [6, 6.07) is 20.0. The number of rotatable bonds is 9. The van der Waals surface area contributed by atoms with E-state index in [2.05, 4.69) is 93.9 Å². The lowest BCUT2D eigenvalue weighted by molar-refractivity contribution is 0.198. The highest BCUT2D eigenvalue weighted by Gasteiger charge is 2.20. The molecule has 5 nitrogen and oxygen atoms in total. The van der Waals surface area contributed by atoms with Crippen LogP contribution in [0.3, 0.4) is 0 Å². The van der Waals surface area contributed by atoms with Crippen LogP contribution in [0.1, 0.15) is 43.4 Å². The fourth-order valence-corrected chi connectivity index (χ4v) is 4.22. The number of halogens is 1. The van der Waals surface area contributed by atoms with Crippen molar-refractivity contribution in [2.45, 2.75) is 52.4 Å². The molecule has 0 aromatic heterocycles. The van der Waals surface area contributed by atoms with Gasteiger partial charge in [-0.3, -0.25) is 14.8 Å². The molecule has 1 aliphatic rings. The van der Waals surface area contributed by atoms with E-state index in [1.807, 2.05) is 7.05 Å². The van der Waals surface area contributed by atoms with E-state index < -0.39 is 0 Å². The third kappa shape index (κ3) is 8.37. The lowest BCUT2D eigenvalue weighted by Crippen LogP contribution is -2.48. The molecule has 0 saturated carbocycles. The number of nitrogens with one attached hydrogen (secondary N) is 2. The molecule has 2 aromatic rings. The number of benzene rings is 2. The van der Waals surface area contributed by atoms with Crippen LogP contribution >= 0.6 is 24.0 Å². The second-order valence-corrected chi connectivity index (χ2v) is 8.34. The average molecular weight is 550 g/mol. The van der Waals surface area contributed by atoms with Crippen molar-refractivity contribution in [1.82, 2.24) is 20.4 Å². The Morgan fingerprint density at radius 2 is 1.59 bits per heavy atom. The third-order valence-corrected chi connectivity index (χ3v) is 6.25. The summed E-state index contributed by atoms with van der Waals surface area (Å²) >= 11 is 0. The Kier molecular flexibility index (Phi) is 12.1. The van der Waals surface area contributed by atoms with E-state index in [-0.39, 0.29) is 24.0 Å². The van der Waals surface area contributed by atoms with Crippen LogP contribution in [0.2, 0.25) is 0 Å². The predicted octanol–water partition coefficient (Wildman–Crippen LogP) is 4.48. The van der Waals surface area contributed by atoms with Crippen LogP contribution in [-0.2, 0) is 19.6 Å². The monoisotopic (exact) mass is 549 g/mol. The van der Waals surface area contributed by atoms with Crippen LogP contribution in [0.25, 0.3) is 0 Å². The molecule has 0 aliphatic carbocycles. The Morgan fingerprint density at radius 3 is 2.22 bits per heavy atom. The zero-order valence-electron chi connectivity index (χ0n) is 19.9. The van der Waals surface area contributed by atoms with E-state index in [1.165, 1.54) is 16.7 Å². The third-order valence-electron chi connectivity index (χ3n) is 6.25. The first-order valence-electron chi connectivity index (χ1n) is 11.7. The molecule has 0 unspecified atom stereocenters. The van der Waals surface area contributed by atoms with Gasteiger partial charge in [0.15, 0.2) is 5.96 Å². The molecule has 1 fully saturated rings. The highest BCUT2D eigenvalue weighted by Crippen LogP contribution is 2.14. The fourth-order valence-electron chi connectivity index (χ4n) is 4.22. The molecule has 0 radical (unpaired) electrons. The van der Waals surface area contributed by atoms with Gasteiger partial charge in [-0.15, -0.1) is 24.0 Å². The van der Waals surface area contributed by atoms with Crippen LogP contribution in [0.15, 0.2) is 59.6 Å².